The van der Waals surface area contributed by atoms with E-state index in [4.69, 9.17) is 4.74 Å². The summed E-state index contributed by atoms with van der Waals surface area (Å²) in [7, 11) is 0. The highest BCUT2D eigenvalue weighted by molar-refractivity contribution is 7.17. The number of alkyl halides is 6. The summed E-state index contributed by atoms with van der Waals surface area (Å²) in [6, 6.07) is 3.20. The Kier molecular flexibility index (Phi) is 6.27. The van der Waals surface area contributed by atoms with Crippen molar-refractivity contribution in [3.05, 3.63) is 59.1 Å². The molecule has 0 saturated carbocycles. The van der Waals surface area contributed by atoms with Gasteiger partial charge in [0.05, 0.1) is 41.6 Å². The molecule has 4 aromatic rings. The number of ether oxygens (including phenoxy) is 1. The standard InChI is InChI=1S/C22H16F6N6O2S/c23-21(24,25)16-9-12(1-3-29-16)32-20(35)14-10-31-34(18(14)22(26,27)28)15-11-30-19(17-13(15)2-8-37-17)33-4-6-36-7-5-33/h1-3,8-11H,4-7H2,(H,29,32,35). The third kappa shape index (κ3) is 4.83. The largest absolute Gasteiger partial charge is 0.434 e. The quantitative estimate of drug-likeness (QED) is 0.366. The van der Waals surface area contributed by atoms with Gasteiger partial charge in [0.15, 0.2) is 5.69 Å². The fourth-order valence-electron chi connectivity index (χ4n) is 3.94. The number of aromatic nitrogens is 4. The lowest BCUT2D eigenvalue weighted by atomic mass is 10.2. The third-order valence-electron chi connectivity index (χ3n) is 5.58. The van der Waals surface area contributed by atoms with Gasteiger partial charge in [-0.05, 0) is 23.6 Å². The summed E-state index contributed by atoms with van der Waals surface area (Å²) in [4.78, 5) is 22.3. The van der Waals surface area contributed by atoms with Crippen molar-refractivity contribution < 1.29 is 35.9 Å². The summed E-state index contributed by atoms with van der Waals surface area (Å²) in [6.45, 7) is 2.14. The van der Waals surface area contributed by atoms with Crippen LogP contribution in [0.1, 0.15) is 21.7 Å². The highest BCUT2D eigenvalue weighted by Gasteiger charge is 2.41. The van der Waals surface area contributed by atoms with E-state index < -0.39 is 35.2 Å². The topological polar surface area (TPSA) is 85.2 Å². The highest BCUT2D eigenvalue weighted by atomic mass is 32.1. The van der Waals surface area contributed by atoms with Crippen LogP contribution in [0.25, 0.3) is 15.8 Å². The van der Waals surface area contributed by atoms with Crippen molar-refractivity contribution in [2.24, 2.45) is 0 Å². The first-order valence-electron chi connectivity index (χ1n) is 10.7. The van der Waals surface area contributed by atoms with Crippen LogP contribution in [0.5, 0.6) is 0 Å². The van der Waals surface area contributed by atoms with Crippen LogP contribution in [-0.2, 0) is 17.1 Å². The minimum Gasteiger partial charge on any atom is -0.378 e. The molecular formula is C22H16F6N6O2S. The van der Waals surface area contributed by atoms with Crippen LogP contribution in [0.2, 0.25) is 0 Å². The van der Waals surface area contributed by atoms with Gasteiger partial charge in [0, 0.05) is 30.4 Å². The van der Waals surface area contributed by atoms with Crippen molar-refractivity contribution in [3.63, 3.8) is 0 Å². The van der Waals surface area contributed by atoms with Gasteiger partial charge in [-0.2, -0.15) is 31.4 Å². The Morgan fingerprint density at radius 1 is 1.03 bits per heavy atom. The summed E-state index contributed by atoms with van der Waals surface area (Å²) < 4.78 is 88.0. The zero-order valence-electron chi connectivity index (χ0n) is 18.6. The molecule has 194 valence electrons. The molecule has 0 radical (unpaired) electrons. The van der Waals surface area contributed by atoms with Crippen molar-refractivity contribution in [3.8, 4) is 5.69 Å². The summed E-state index contributed by atoms with van der Waals surface area (Å²) in [5, 5.41) is 8.05. The zero-order valence-corrected chi connectivity index (χ0v) is 19.4. The number of morpholine rings is 1. The Morgan fingerprint density at radius 2 is 1.78 bits per heavy atom. The Balaban J connectivity index is 1.54. The molecule has 0 bridgehead atoms. The molecule has 1 aliphatic heterocycles. The number of carbonyl (C=O) groups excluding carboxylic acids is 1. The van der Waals surface area contributed by atoms with Crippen molar-refractivity contribution in [1.82, 2.24) is 19.7 Å². The molecule has 5 rings (SSSR count). The number of hydrogen-bond acceptors (Lipinski definition) is 7. The summed E-state index contributed by atoms with van der Waals surface area (Å²) in [6.07, 6.45) is -7.05. The first-order chi connectivity index (χ1) is 17.5. The monoisotopic (exact) mass is 542 g/mol. The van der Waals surface area contributed by atoms with E-state index in [1.165, 1.54) is 17.5 Å². The van der Waals surface area contributed by atoms with Crippen LogP contribution < -0.4 is 10.2 Å². The van der Waals surface area contributed by atoms with Gasteiger partial charge in [-0.1, -0.05) is 0 Å². The van der Waals surface area contributed by atoms with E-state index in [2.05, 4.69) is 20.4 Å². The minimum absolute atomic E-state index is 0.00269. The molecule has 37 heavy (non-hydrogen) atoms. The summed E-state index contributed by atoms with van der Waals surface area (Å²) in [5.41, 5.74) is -3.92. The zero-order chi connectivity index (χ0) is 26.4. The molecule has 1 aliphatic rings. The second-order valence-electron chi connectivity index (χ2n) is 7.93. The number of thiophene rings is 1. The first-order valence-corrected chi connectivity index (χ1v) is 11.6. The van der Waals surface area contributed by atoms with E-state index in [-0.39, 0.29) is 11.4 Å². The van der Waals surface area contributed by atoms with Crippen molar-refractivity contribution in [2.45, 2.75) is 12.4 Å². The lowest BCUT2D eigenvalue weighted by Gasteiger charge is -2.28. The third-order valence-corrected chi connectivity index (χ3v) is 6.49. The number of fused-ring (bicyclic) bond motifs is 1. The van der Waals surface area contributed by atoms with E-state index in [1.54, 1.807) is 11.4 Å². The Hall–Kier alpha value is -3.72. The molecule has 1 saturated heterocycles. The van der Waals surface area contributed by atoms with E-state index in [1.807, 2.05) is 4.90 Å². The van der Waals surface area contributed by atoms with E-state index in [0.29, 0.717) is 53.0 Å². The minimum atomic E-state index is -5.02. The van der Waals surface area contributed by atoms with Crippen molar-refractivity contribution >= 4 is 38.8 Å². The Labute approximate surface area is 208 Å². The SMILES string of the molecule is O=C(Nc1ccnc(C(F)(F)F)c1)c1cnn(-c2cnc(N3CCOCC3)c3sccc23)c1C(F)(F)F. The molecule has 0 unspecified atom stereocenters. The van der Waals surface area contributed by atoms with Gasteiger partial charge in [-0.3, -0.25) is 9.78 Å². The van der Waals surface area contributed by atoms with Gasteiger partial charge < -0.3 is 15.0 Å². The number of rotatable bonds is 4. The lowest BCUT2D eigenvalue weighted by Crippen LogP contribution is -2.36. The average Bonchev–Trinajstić information content (AvgIpc) is 3.52. The molecule has 0 aliphatic carbocycles. The van der Waals surface area contributed by atoms with Gasteiger partial charge >= 0.3 is 12.4 Å². The molecule has 4 aromatic heterocycles. The predicted octanol–water partition coefficient (Wildman–Crippen LogP) is 5.00. The predicted molar refractivity (Wildman–Crippen MR) is 122 cm³/mol. The smallest absolute Gasteiger partial charge is 0.378 e. The molecular weight excluding hydrogens is 526 g/mol. The molecule has 0 atom stereocenters. The van der Waals surface area contributed by atoms with Crippen LogP contribution in [0.4, 0.5) is 37.8 Å². The molecule has 0 aromatic carbocycles. The average molecular weight is 542 g/mol. The van der Waals surface area contributed by atoms with Gasteiger partial charge in [-0.15, -0.1) is 11.3 Å². The van der Waals surface area contributed by atoms with E-state index in [0.717, 1.165) is 18.5 Å². The fourth-order valence-corrected chi connectivity index (χ4v) is 4.86. The Bertz CT molecular complexity index is 1460. The molecule has 1 amide bonds. The highest BCUT2D eigenvalue weighted by Crippen LogP contribution is 2.38. The second kappa shape index (κ2) is 9.30. The van der Waals surface area contributed by atoms with Gasteiger partial charge in [0.2, 0.25) is 0 Å². The molecule has 8 nitrogen and oxygen atoms in total. The van der Waals surface area contributed by atoms with Crippen LogP contribution in [-0.4, -0.2) is 52.0 Å². The number of nitrogens with zero attached hydrogens (tertiary/aromatic N) is 5. The maximum absolute atomic E-state index is 14.2. The van der Waals surface area contributed by atoms with Crippen LogP contribution in [0.3, 0.4) is 0 Å². The summed E-state index contributed by atoms with van der Waals surface area (Å²) in [5.74, 6) is -0.675. The van der Waals surface area contributed by atoms with E-state index >= 15 is 0 Å². The maximum Gasteiger partial charge on any atom is 0.434 e. The number of nitrogens with one attached hydrogen (secondary N) is 1. The normalized spacial score (nSPS) is 14.8. The fraction of sp³-hybridized carbons (Fsp3) is 0.273. The Morgan fingerprint density at radius 3 is 2.49 bits per heavy atom. The van der Waals surface area contributed by atoms with E-state index in [9.17, 15) is 31.1 Å². The second-order valence-corrected chi connectivity index (χ2v) is 8.84. The number of hydrogen-bond donors (Lipinski definition) is 1. The number of anilines is 2. The van der Waals surface area contributed by atoms with Crippen molar-refractivity contribution in [1.29, 1.82) is 0 Å². The first kappa shape index (κ1) is 25.0. The van der Waals surface area contributed by atoms with Gasteiger partial charge in [0.25, 0.3) is 5.91 Å². The number of amides is 1. The molecule has 5 heterocycles. The van der Waals surface area contributed by atoms with Crippen LogP contribution in [0.15, 0.2) is 42.2 Å². The molecule has 15 heteroatoms. The van der Waals surface area contributed by atoms with Gasteiger partial charge in [-0.25, -0.2) is 9.67 Å². The lowest BCUT2D eigenvalue weighted by molar-refractivity contribution is -0.143. The van der Waals surface area contributed by atoms with Gasteiger partial charge in [0.1, 0.15) is 11.5 Å². The van der Waals surface area contributed by atoms with Crippen molar-refractivity contribution in [2.75, 3.05) is 36.5 Å². The maximum atomic E-state index is 14.2. The van der Waals surface area contributed by atoms with Crippen LogP contribution in [0, 0.1) is 0 Å². The summed E-state index contributed by atoms with van der Waals surface area (Å²) >= 11 is 1.30. The number of pyridine rings is 2. The molecule has 0 spiro atoms. The molecule has 1 fully saturated rings. The molecule has 1 N–H and O–H groups in total. The van der Waals surface area contributed by atoms with Crippen LogP contribution >= 0.6 is 11.3 Å². The number of carbonyl (C=O) groups is 1. The number of halogens is 6.